The second-order valence-electron chi connectivity index (χ2n) is 6.84. The summed E-state index contributed by atoms with van der Waals surface area (Å²) in [6.45, 7) is 11.9. The van der Waals surface area contributed by atoms with E-state index < -0.39 is 0 Å². The molecule has 9 heteroatoms. The van der Waals surface area contributed by atoms with Crippen molar-refractivity contribution in [3.63, 3.8) is 0 Å². The van der Waals surface area contributed by atoms with E-state index >= 15 is 0 Å². The minimum atomic E-state index is -0.0601. The van der Waals surface area contributed by atoms with Crippen molar-refractivity contribution in [1.82, 2.24) is 24.8 Å². The molecular formula is C20H34N6O3. The number of ether oxygens (including phenoxy) is 2. The molecule has 0 aliphatic heterocycles. The largest absolute Gasteiger partial charge is 0.384 e. The molecule has 2 aromatic heterocycles. The van der Waals surface area contributed by atoms with Crippen molar-refractivity contribution in [2.24, 2.45) is 0 Å². The van der Waals surface area contributed by atoms with E-state index in [1.54, 1.807) is 12.0 Å². The first kappa shape index (κ1) is 22.9. The van der Waals surface area contributed by atoms with Gasteiger partial charge in [-0.3, -0.25) is 0 Å². The molecule has 0 aliphatic carbocycles. The molecule has 29 heavy (non-hydrogen) atoms. The third kappa shape index (κ3) is 5.57. The van der Waals surface area contributed by atoms with Crippen LogP contribution in [0.25, 0.3) is 11.0 Å². The molecule has 2 aromatic rings. The number of aromatic nitrogens is 3. The number of nitrogens with two attached hydrogens (primary N) is 1. The van der Waals surface area contributed by atoms with Gasteiger partial charge >= 0.3 is 6.03 Å². The van der Waals surface area contributed by atoms with E-state index in [0.717, 1.165) is 28.1 Å². The molecular weight excluding hydrogens is 372 g/mol. The van der Waals surface area contributed by atoms with Crippen molar-refractivity contribution in [3.8, 4) is 0 Å². The van der Waals surface area contributed by atoms with Crippen LogP contribution in [-0.2, 0) is 22.4 Å². The van der Waals surface area contributed by atoms with Crippen LogP contribution in [0.1, 0.15) is 30.9 Å². The summed E-state index contributed by atoms with van der Waals surface area (Å²) in [7, 11) is 1.67. The van der Waals surface area contributed by atoms with E-state index in [-0.39, 0.29) is 6.03 Å². The SMILES string of the molecule is CCN(CC)C(=O)NCCOCCn1c(CCOC)nc2c(N)nc(C)c(C)c21. The maximum Gasteiger partial charge on any atom is 0.317 e. The van der Waals surface area contributed by atoms with Gasteiger partial charge < -0.3 is 30.0 Å². The molecule has 0 radical (unpaired) electrons. The molecule has 0 saturated heterocycles. The molecule has 0 aromatic carbocycles. The fourth-order valence-electron chi connectivity index (χ4n) is 3.28. The second kappa shape index (κ2) is 11.0. The Hall–Kier alpha value is -2.39. The Balaban J connectivity index is 2.00. The third-order valence-corrected chi connectivity index (χ3v) is 5.04. The number of rotatable bonds is 11. The molecule has 9 nitrogen and oxygen atoms in total. The fraction of sp³-hybridized carbons (Fsp3) is 0.650. The van der Waals surface area contributed by atoms with Crippen molar-refractivity contribution >= 4 is 22.9 Å². The number of nitrogens with zero attached hydrogens (tertiary/aromatic N) is 4. The van der Waals surface area contributed by atoms with Crippen LogP contribution < -0.4 is 11.1 Å². The molecule has 0 bridgehead atoms. The maximum atomic E-state index is 11.9. The van der Waals surface area contributed by atoms with Crippen LogP contribution in [-0.4, -0.2) is 72.0 Å². The van der Waals surface area contributed by atoms with Crippen LogP contribution in [0.5, 0.6) is 0 Å². The lowest BCUT2D eigenvalue weighted by Gasteiger charge is -2.19. The third-order valence-electron chi connectivity index (χ3n) is 5.04. The van der Waals surface area contributed by atoms with Gasteiger partial charge in [-0.05, 0) is 33.3 Å². The van der Waals surface area contributed by atoms with Crippen molar-refractivity contribution in [1.29, 1.82) is 0 Å². The Morgan fingerprint density at radius 1 is 1.17 bits per heavy atom. The van der Waals surface area contributed by atoms with E-state index in [9.17, 15) is 4.79 Å². The molecule has 0 unspecified atom stereocenters. The van der Waals surface area contributed by atoms with Gasteiger partial charge in [0, 0.05) is 45.4 Å². The van der Waals surface area contributed by atoms with Crippen LogP contribution in [0.4, 0.5) is 10.6 Å². The number of nitrogen functional groups attached to an aromatic ring is 1. The summed E-state index contributed by atoms with van der Waals surface area (Å²) in [5.74, 6) is 1.35. The van der Waals surface area contributed by atoms with E-state index in [4.69, 9.17) is 20.2 Å². The predicted octanol–water partition coefficient (Wildman–Crippen LogP) is 1.89. The molecule has 2 rings (SSSR count). The number of carbonyl (C=O) groups excluding carboxylic acids is 1. The summed E-state index contributed by atoms with van der Waals surface area (Å²) in [6, 6.07) is -0.0601. The van der Waals surface area contributed by atoms with E-state index in [1.165, 1.54) is 0 Å². The predicted molar refractivity (Wildman–Crippen MR) is 114 cm³/mol. The Bertz CT molecular complexity index is 816. The lowest BCUT2D eigenvalue weighted by Crippen LogP contribution is -2.41. The van der Waals surface area contributed by atoms with Gasteiger partial charge in [0.15, 0.2) is 5.82 Å². The summed E-state index contributed by atoms with van der Waals surface area (Å²) in [4.78, 5) is 22.8. The van der Waals surface area contributed by atoms with Crippen LogP contribution in [0.15, 0.2) is 0 Å². The van der Waals surface area contributed by atoms with Crippen molar-refractivity contribution in [2.45, 2.75) is 40.7 Å². The zero-order chi connectivity index (χ0) is 21.4. The van der Waals surface area contributed by atoms with Gasteiger partial charge in [0.05, 0.1) is 25.3 Å². The maximum absolute atomic E-state index is 11.9. The monoisotopic (exact) mass is 406 g/mol. The normalized spacial score (nSPS) is 11.2. The average Bonchev–Trinajstić information content (AvgIpc) is 3.07. The van der Waals surface area contributed by atoms with Crippen molar-refractivity contribution < 1.29 is 14.3 Å². The van der Waals surface area contributed by atoms with Gasteiger partial charge in [0.1, 0.15) is 11.3 Å². The van der Waals surface area contributed by atoms with Crippen LogP contribution in [0, 0.1) is 13.8 Å². The van der Waals surface area contributed by atoms with Crippen molar-refractivity contribution in [3.05, 3.63) is 17.1 Å². The van der Waals surface area contributed by atoms with Gasteiger partial charge in [0.2, 0.25) is 0 Å². The number of aryl methyl sites for hydroxylation is 2. The average molecular weight is 407 g/mol. The summed E-state index contributed by atoms with van der Waals surface area (Å²) < 4.78 is 13.1. The summed E-state index contributed by atoms with van der Waals surface area (Å²) in [6.07, 6.45) is 0.684. The van der Waals surface area contributed by atoms with Crippen LogP contribution in [0.2, 0.25) is 0 Å². The lowest BCUT2D eigenvalue weighted by molar-refractivity contribution is 0.126. The minimum Gasteiger partial charge on any atom is -0.384 e. The molecule has 0 fully saturated rings. The molecule has 0 atom stereocenters. The number of urea groups is 1. The number of hydrogen-bond acceptors (Lipinski definition) is 6. The number of nitrogens with one attached hydrogen (secondary N) is 1. The number of anilines is 1. The molecule has 0 aliphatic rings. The number of imidazole rings is 1. The Morgan fingerprint density at radius 2 is 1.90 bits per heavy atom. The number of pyridine rings is 1. The number of fused-ring (bicyclic) bond motifs is 1. The van der Waals surface area contributed by atoms with Gasteiger partial charge in [-0.1, -0.05) is 0 Å². The molecule has 2 amide bonds. The first-order valence-electron chi connectivity index (χ1n) is 10.2. The standard InChI is InChI=1S/C20H34N6O3/c1-6-25(7-2)20(27)22-9-12-29-13-10-26-16(8-11-28-5)24-17-18(26)14(3)15(4)23-19(17)21/h6-13H2,1-5H3,(H2,21,23)(H,22,27). The van der Waals surface area contributed by atoms with E-state index in [1.807, 2.05) is 27.7 Å². The first-order valence-corrected chi connectivity index (χ1v) is 10.2. The molecule has 162 valence electrons. The van der Waals surface area contributed by atoms with Crippen molar-refractivity contribution in [2.75, 3.05) is 52.3 Å². The van der Waals surface area contributed by atoms with Gasteiger partial charge in [-0.2, -0.15) is 0 Å². The smallest absolute Gasteiger partial charge is 0.317 e. The topological polar surface area (TPSA) is 108 Å². The number of methoxy groups -OCH3 is 1. The Kier molecular flexibility index (Phi) is 8.66. The minimum absolute atomic E-state index is 0.0601. The fourth-order valence-corrected chi connectivity index (χ4v) is 3.28. The summed E-state index contributed by atoms with van der Waals surface area (Å²) >= 11 is 0. The quantitative estimate of drug-likeness (QED) is 0.552. The summed E-state index contributed by atoms with van der Waals surface area (Å²) in [5.41, 5.74) is 9.80. The zero-order valence-corrected chi connectivity index (χ0v) is 18.2. The summed E-state index contributed by atoms with van der Waals surface area (Å²) in [5, 5.41) is 2.87. The van der Waals surface area contributed by atoms with Crippen LogP contribution >= 0.6 is 0 Å². The highest BCUT2D eigenvalue weighted by Crippen LogP contribution is 2.26. The van der Waals surface area contributed by atoms with Crippen LogP contribution in [0.3, 0.4) is 0 Å². The molecule has 3 N–H and O–H groups in total. The highest BCUT2D eigenvalue weighted by molar-refractivity contribution is 5.88. The Labute approximate surface area is 172 Å². The molecule has 0 spiro atoms. The second-order valence-corrected chi connectivity index (χ2v) is 6.84. The number of hydrogen-bond donors (Lipinski definition) is 2. The Morgan fingerprint density at radius 3 is 2.55 bits per heavy atom. The van der Waals surface area contributed by atoms with E-state index in [2.05, 4.69) is 14.9 Å². The number of carbonyl (C=O) groups is 1. The highest BCUT2D eigenvalue weighted by Gasteiger charge is 2.17. The highest BCUT2D eigenvalue weighted by atomic mass is 16.5. The van der Waals surface area contributed by atoms with Gasteiger partial charge in [-0.15, -0.1) is 0 Å². The van der Waals surface area contributed by atoms with Gasteiger partial charge in [-0.25, -0.2) is 14.8 Å². The van der Waals surface area contributed by atoms with E-state index in [0.29, 0.717) is 58.2 Å². The molecule has 0 saturated carbocycles. The van der Waals surface area contributed by atoms with Gasteiger partial charge in [0.25, 0.3) is 0 Å². The first-order chi connectivity index (χ1) is 13.9. The zero-order valence-electron chi connectivity index (χ0n) is 18.2. The number of amides is 2. The lowest BCUT2D eigenvalue weighted by atomic mass is 10.2. The molecule has 2 heterocycles.